The molecule has 0 amide bonds. The molecule has 0 saturated heterocycles. The Morgan fingerprint density at radius 3 is 2.07 bits per heavy atom. The largest absolute Gasteiger partial charge is 2.00 e. The monoisotopic (exact) mass is 984 g/mol. The van der Waals surface area contributed by atoms with Gasteiger partial charge in [0, 0.05) is 11.8 Å². The first kappa shape index (κ1) is 41.9. The van der Waals surface area contributed by atoms with Crippen LogP contribution in [0, 0.1) is 12.1 Å². The van der Waals surface area contributed by atoms with E-state index in [2.05, 4.69) is 175 Å². The average molecular weight is 985 g/mol. The molecule has 0 aliphatic rings. The molecule has 0 N–H and O–H groups in total. The number of fused-ring (bicyclic) bond motifs is 4. The van der Waals surface area contributed by atoms with E-state index in [1.807, 2.05) is 34.7 Å². The maximum Gasteiger partial charge on any atom is 2.00 e. The molecule has 0 fully saturated rings. The molecule has 8 heteroatoms. The number of hydrogen-bond acceptors (Lipinski definition) is 5. The van der Waals surface area contributed by atoms with E-state index in [0.717, 1.165) is 55.9 Å². The van der Waals surface area contributed by atoms with Crippen LogP contribution < -0.4 is 4.74 Å². The number of benzene rings is 6. The van der Waals surface area contributed by atoms with Gasteiger partial charge in [0.15, 0.2) is 5.58 Å². The molecule has 0 unspecified atom stereocenters. The zero-order valence-corrected chi connectivity index (χ0v) is 38.8. The van der Waals surface area contributed by atoms with Crippen molar-refractivity contribution < 1.29 is 30.2 Å². The zero-order chi connectivity index (χ0) is 42.1. The molecule has 0 saturated carbocycles. The van der Waals surface area contributed by atoms with Gasteiger partial charge in [-0.2, -0.15) is 24.3 Å². The van der Waals surface area contributed by atoms with Crippen molar-refractivity contribution in [3.8, 4) is 50.8 Å². The van der Waals surface area contributed by atoms with E-state index in [4.69, 9.17) is 14.1 Å². The number of hydrogen-bond donors (Lipinski definition) is 0. The van der Waals surface area contributed by atoms with Crippen LogP contribution in [0.2, 0.25) is 0 Å². The number of nitrogens with zero attached hydrogens (tertiary/aromatic N) is 5. The van der Waals surface area contributed by atoms with Gasteiger partial charge in [0.05, 0.1) is 27.8 Å². The van der Waals surface area contributed by atoms with Crippen molar-refractivity contribution >= 4 is 28.0 Å². The van der Waals surface area contributed by atoms with Crippen LogP contribution >= 0.6 is 0 Å². The molecule has 0 bridgehead atoms. The third-order valence-electron chi connectivity index (χ3n) is 11.5. The predicted octanol–water partition coefficient (Wildman–Crippen LogP) is 14.0. The summed E-state index contributed by atoms with van der Waals surface area (Å²) in [5.41, 5.74) is 14.2. The van der Waals surface area contributed by atoms with Crippen molar-refractivity contribution in [1.82, 2.24) is 24.1 Å². The van der Waals surface area contributed by atoms with Crippen molar-refractivity contribution in [1.29, 1.82) is 0 Å². The fraction of sp³-hybridized carbons (Fsp3) is 0.264. The van der Waals surface area contributed by atoms with Crippen LogP contribution in [0.3, 0.4) is 0 Å². The number of para-hydroxylation sites is 2. The van der Waals surface area contributed by atoms with E-state index < -0.39 is 0 Å². The molecule has 0 aliphatic carbocycles. The summed E-state index contributed by atoms with van der Waals surface area (Å²) in [5, 5.41) is 8.50. The Morgan fingerprint density at radius 2 is 1.38 bits per heavy atom. The third kappa shape index (κ3) is 7.85. The van der Waals surface area contributed by atoms with E-state index in [1.54, 1.807) is 6.33 Å². The van der Waals surface area contributed by atoms with Crippen LogP contribution in [-0.4, -0.2) is 24.1 Å². The molecule has 310 valence electrons. The first-order valence-electron chi connectivity index (χ1n) is 20.9. The number of imidazole rings is 1. The number of ether oxygens (including phenoxy) is 1. The molecular formula is C53H51N5O2Pt. The van der Waals surface area contributed by atoms with Crippen LogP contribution in [0.15, 0.2) is 120 Å². The van der Waals surface area contributed by atoms with Crippen molar-refractivity contribution in [3.63, 3.8) is 0 Å². The van der Waals surface area contributed by atoms with Crippen LogP contribution in [-0.2, 0) is 31.9 Å². The summed E-state index contributed by atoms with van der Waals surface area (Å²) >= 11 is 0. The summed E-state index contributed by atoms with van der Waals surface area (Å²) in [6, 6.07) is 45.2. The van der Waals surface area contributed by atoms with Gasteiger partial charge in [-0.1, -0.05) is 135 Å². The Morgan fingerprint density at radius 1 is 0.689 bits per heavy atom. The minimum absolute atomic E-state index is 0. The maximum atomic E-state index is 6.96. The summed E-state index contributed by atoms with van der Waals surface area (Å²) in [5.74, 6) is 2.79. The Kier molecular flexibility index (Phi) is 10.9. The molecule has 3 heterocycles. The van der Waals surface area contributed by atoms with Gasteiger partial charge in [-0.25, -0.2) is 20.5 Å². The molecule has 7 nitrogen and oxygen atoms in total. The number of oxazole rings is 1. The molecule has 0 aliphatic heterocycles. The molecule has 9 rings (SSSR count). The average Bonchev–Trinajstić information content (AvgIpc) is 3.94. The molecule has 6 aromatic carbocycles. The van der Waals surface area contributed by atoms with Crippen molar-refractivity contribution in [3.05, 3.63) is 150 Å². The second-order valence-electron chi connectivity index (χ2n) is 18.6. The third-order valence-corrected chi connectivity index (χ3v) is 11.5. The molecule has 0 radical (unpaired) electrons. The van der Waals surface area contributed by atoms with Gasteiger partial charge in [-0.3, -0.25) is 4.57 Å². The molecule has 61 heavy (non-hydrogen) atoms. The van der Waals surface area contributed by atoms with E-state index in [1.165, 1.54) is 22.3 Å². The van der Waals surface area contributed by atoms with Crippen LogP contribution in [0.5, 0.6) is 11.5 Å². The molecular weight excluding hydrogens is 934 g/mol. The summed E-state index contributed by atoms with van der Waals surface area (Å²) in [6.45, 7) is 22.7. The minimum Gasteiger partial charge on any atom is -0.478 e. The van der Waals surface area contributed by atoms with Crippen molar-refractivity contribution in [2.24, 2.45) is 0 Å². The number of rotatable bonds is 8. The normalized spacial score (nSPS) is 12.3. The molecule has 9 aromatic rings. The van der Waals surface area contributed by atoms with Gasteiger partial charge in [0.1, 0.15) is 17.9 Å². The topological polar surface area (TPSA) is 70.4 Å². The van der Waals surface area contributed by atoms with E-state index in [9.17, 15) is 0 Å². The summed E-state index contributed by atoms with van der Waals surface area (Å²) in [4.78, 5) is 5.41. The first-order chi connectivity index (χ1) is 28.6. The van der Waals surface area contributed by atoms with Crippen molar-refractivity contribution in [2.75, 3.05) is 0 Å². The Labute approximate surface area is 373 Å². The Balaban J connectivity index is 0.00000514. The fourth-order valence-corrected chi connectivity index (χ4v) is 8.09. The molecule has 0 atom stereocenters. The SMILES string of the molecule is CC(C)c1cc(C(C)(C)C)cc(C(C)C)c1-n1c(-c2cc(Oc3[c-]c(-c4[c-]ccc(C(C)(C)C)c4)cc(-c4ccccc4)c3)cc3c2oc2nncn23)nc2ccccc21.[Pt+2]. The smallest absolute Gasteiger partial charge is 0.478 e. The van der Waals surface area contributed by atoms with Crippen molar-refractivity contribution in [2.45, 2.75) is 91.9 Å². The summed E-state index contributed by atoms with van der Waals surface area (Å²) < 4.78 is 17.7. The van der Waals surface area contributed by atoms with Gasteiger partial charge in [0.25, 0.3) is 0 Å². The predicted molar refractivity (Wildman–Crippen MR) is 243 cm³/mol. The van der Waals surface area contributed by atoms with Crippen LogP contribution in [0.4, 0.5) is 0 Å². The van der Waals surface area contributed by atoms with Gasteiger partial charge in [-0.05, 0) is 63.1 Å². The fourth-order valence-electron chi connectivity index (χ4n) is 8.09. The van der Waals surface area contributed by atoms with Gasteiger partial charge < -0.3 is 9.15 Å². The Hall–Kier alpha value is -5.78. The standard InChI is InChI=1S/C53H51N5O2.Pt/c1-32(2)42-27-39(53(8,9)10)28-43(33(3)4)48(42)58-46-22-15-14-21-45(46)55-50(58)44-29-41(30-47-49(44)60-51-56-54-31-57(47)51)59-40-25-36(34-17-12-11-13-18-34)23-37(26-40)35-19-16-20-38(24-35)52(5,6)7;/h11-18,20-25,27-33H,1-10H3;/q-2;+2. The zero-order valence-electron chi connectivity index (χ0n) is 36.5. The van der Waals surface area contributed by atoms with E-state index in [0.29, 0.717) is 22.9 Å². The molecule has 0 spiro atoms. The minimum atomic E-state index is -0.0266. The number of aromatic nitrogens is 5. The van der Waals surface area contributed by atoms with Crippen LogP contribution in [0.25, 0.3) is 67.3 Å². The second kappa shape index (κ2) is 15.9. The maximum absolute atomic E-state index is 6.96. The van der Waals surface area contributed by atoms with Gasteiger partial charge in [-0.15, -0.1) is 28.4 Å². The Bertz CT molecular complexity index is 3020. The quantitative estimate of drug-likeness (QED) is 0.142. The van der Waals surface area contributed by atoms with E-state index in [-0.39, 0.29) is 43.7 Å². The summed E-state index contributed by atoms with van der Waals surface area (Å²) in [6.07, 6.45) is 1.68. The van der Waals surface area contributed by atoms with Crippen LogP contribution in [0.1, 0.15) is 103 Å². The van der Waals surface area contributed by atoms with Gasteiger partial charge in [0.2, 0.25) is 0 Å². The summed E-state index contributed by atoms with van der Waals surface area (Å²) in [7, 11) is 0. The second-order valence-corrected chi connectivity index (χ2v) is 18.6. The van der Waals surface area contributed by atoms with Gasteiger partial charge >= 0.3 is 26.9 Å². The molecule has 3 aromatic heterocycles. The first-order valence-corrected chi connectivity index (χ1v) is 20.9. The van der Waals surface area contributed by atoms with E-state index >= 15 is 0 Å².